The van der Waals surface area contributed by atoms with Gasteiger partial charge in [0.15, 0.2) is 0 Å². The number of benzene rings is 1. The highest BCUT2D eigenvalue weighted by atomic mass is 16.1. The third kappa shape index (κ3) is 4.49. The molecule has 1 saturated carbocycles. The summed E-state index contributed by atoms with van der Waals surface area (Å²) in [5.74, 6) is 1.08. The molecule has 0 saturated heterocycles. The molecule has 0 amide bonds. The number of carbonyl (C=O) groups excluding carboxylic acids is 1. The Morgan fingerprint density at radius 2 is 1.74 bits per heavy atom. The molecular weight excluding hydrogens is 232 g/mol. The fraction of sp³-hybridized carbons (Fsp3) is 0.611. The van der Waals surface area contributed by atoms with E-state index in [-0.39, 0.29) is 0 Å². The number of aryl methyl sites for hydroxylation is 2. The van der Waals surface area contributed by atoms with Gasteiger partial charge in [0.2, 0.25) is 0 Å². The van der Waals surface area contributed by atoms with E-state index >= 15 is 0 Å². The molecule has 104 valence electrons. The minimum Gasteiger partial charge on any atom is -0.299 e. The molecule has 0 N–H and O–H groups in total. The molecule has 1 heteroatoms. The van der Waals surface area contributed by atoms with Gasteiger partial charge in [0.1, 0.15) is 5.78 Å². The monoisotopic (exact) mass is 258 g/mol. The van der Waals surface area contributed by atoms with Crippen LogP contribution in [0.4, 0.5) is 0 Å². The van der Waals surface area contributed by atoms with E-state index < -0.39 is 0 Å². The number of rotatable bonds is 4. The SMILES string of the molecule is Cc1ccc(CC(=O)CC2CCCCCC2)cc1C. The average Bonchev–Trinajstić information content (AvgIpc) is 2.62. The quantitative estimate of drug-likeness (QED) is 0.711. The van der Waals surface area contributed by atoms with E-state index in [1.54, 1.807) is 0 Å². The van der Waals surface area contributed by atoms with Crippen molar-refractivity contribution in [3.8, 4) is 0 Å². The molecule has 1 aromatic carbocycles. The first-order valence-corrected chi connectivity index (χ1v) is 7.73. The van der Waals surface area contributed by atoms with E-state index in [0.29, 0.717) is 18.1 Å². The van der Waals surface area contributed by atoms with Crippen LogP contribution in [0.1, 0.15) is 61.6 Å². The van der Waals surface area contributed by atoms with Crippen molar-refractivity contribution in [3.63, 3.8) is 0 Å². The largest absolute Gasteiger partial charge is 0.299 e. The molecule has 1 aliphatic rings. The summed E-state index contributed by atoms with van der Waals surface area (Å²) in [6.07, 6.45) is 9.31. The van der Waals surface area contributed by atoms with Gasteiger partial charge in [0.05, 0.1) is 0 Å². The van der Waals surface area contributed by atoms with Gasteiger partial charge in [0, 0.05) is 12.8 Å². The van der Waals surface area contributed by atoms with Gasteiger partial charge in [-0.05, 0) is 36.5 Å². The topological polar surface area (TPSA) is 17.1 Å². The minimum absolute atomic E-state index is 0.426. The Morgan fingerprint density at radius 3 is 2.37 bits per heavy atom. The first kappa shape index (κ1) is 14.3. The van der Waals surface area contributed by atoms with Crippen LogP contribution in [0.3, 0.4) is 0 Å². The van der Waals surface area contributed by atoms with Gasteiger partial charge >= 0.3 is 0 Å². The van der Waals surface area contributed by atoms with Crippen molar-refractivity contribution < 1.29 is 4.79 Å². The van der Waals surface area contributed by atoms with Crippen LogP contribution in [0.15, 0.2) is 18.2 Å². The highest BCUT2D eigenvalue weighted by molar-refractivity contribution is 5.81. The van der Waals surface area contributed by atoms with E-state index in [2.05, 4.69) is 32.0 Å². The number of hydrogen-bond donors (Lipinski definition) is 0. The van der Waals surface area contributed by atoms with Crippen LogP contribution in [0.2, 0.25) is 0 Å². The Bertz CT molecular complexity index is 425. The van der Waals surface area contributed by atoms with Gasteiger partial charge in [-0.15, -0.1) is 0 Å². The molecule has 0 heterocycles. The molecule has 19 heavy (non-hydrogen) atoms. The maximum Gasteiger partial charge on any atom is 0.137 e. The second-order valence-corrected chi connectivity index (χ2v) is 6.20. The Labute approximate surface area is 117 Å². The smallest absolute Gasteiger partial charge is 0.137 e. The molecule has 0 aromatic heterocycles. The standard InChI is InChI=1S/C18H26O/c1-14-9-10-17(11-15(14)2)13-18(19)12-16-7-5-3-4-6-8-16/h9-11,16H,3-8,12-13H2,1-2H3. The molecule has 1 nitrogen and oxygen atoms in total. The van der Waals surface area contributed by atoms with Crippen LogP contribution < -0.4 is 0 Å². The predicted molar refractivity (Wildman–Crippen MR) is 80.4 cm³/mol. The fourth-order valence-corrected chi connectivity index (χ4v) is 3.10. The van der Waals surface area contributed by atoms with Crippen LogP contribution in [0.25, 0.3) is 0 Å². The Balaban J connectivity index is 1.87. The molecule has 0 unspecified atom stereocenters. The summed E-state index contributed by atoms with van der Waals surface area (Å²) >= 11 is 0. The maximum absolute atomic E-state index is 12.2. The van der Waals surface area contributed by atoms with E-state index in [0.717, 1.165) is 6.42 Å². The Hall–Kier alpha value is -1.11. The Kier molecular flexibility index (Phi) is 5.18. The second kappa shape index (κ2) is 6.88. The maximum atomic E-state index is 12.2. The molecule has 0 atom stereocenters. The van der Waals surface area contributed by atoms with Crippen molar-refractivity contribution in [2.75, 3.05) is 0 Å². The normalized spacial score (nSPS) is 17.2. The van der Waals surface area contributed by atoms with Crippen LogP contribution in [-0.2, 0) is 11.2 Å². The summed E-state index contributed by atoms with van der Waals surface area (Å²) in [6.45, 7) is 4.24. The number of hydrogen-bond acceptors (Lipinski definition) is 1. The third-order valence-corrected chi connectivity index (χ3v) is 4.46. The zero-order chi connectivity index (χ0) is 13.7. The van der Waals surface area contributed by atoms with Gasteiger partial charge in [-0.3, -0.25) is 4.79 Å². The summed E-state index contributed by atoms with van der Waals surface area (Å²) < 4.78 is 0. The van der Waals surface area contributed by atoms with Crippen LogP contribution in [0, 0.1) is 19.8 Å². The van der Waals surface area contributed by atoms with Gasteiger partial charge in [0.25, 0.3) is 0 Å². The lowest BCUT2D eigenvalue weighted by molar-refractivity contribution is -0.119. The lowest BCUT2D eigenvalue weighted by Gasteiger charge is -2.13. The Morgan fingerprint density at radius 1 is 1.05 bits per heavy atom. The molecule has 1 fully saturated rings. The summed E-state index contributed by atoms with van der Waals surface area (Å²) in [7, 11) is 0. The van der Waals surface area contributed by atoms with Crippen molar-refractivity contribution in [1.82, 2.24) is 0 Å². The molecule has 0 radical (unpaired) electrons. The van der Waals surface area contributed by atoms with Crippen molar-refractivity contribution in [1.29, 1.82) is 0 Å². The first-order chi connectivity index (χ1) is 9.15. The van der Waals surface area contributed by atoms with Crippen LogP contribution in [-0.4, -0.2) is 5.78 Å². The van der Waals surface area contributed by atoms with Gasteiger partial charge in [-0.1, -0.05) is 56.7 Å². The highest BCUT2D eigenvalue weighted by Gasteiger charge is 2.16. The minimum atomic E-state index is 0.426. The summed E-state index contributed by atoms with van der Waals surface area (Å²) in [4.78, 5) is 12.2. The first-order valence-electron chi connectivity index (χ1n) is 7.73. The lowest BCUT2D eigenvalue weighted by atomic mass is 9.92. The highest BCUT2D eigenvalue weighted by Crippen LogP contribution is 2.26. The zero-order valence-corrected chi connectivity index (χ0v) is 12.4. The predicted octanol–water partition coefficient (Wildman–Crippen LogP) is 4.78. The third-order valence-electron chi connectivity index (χ3n) is 4.46. The number of Topliss-reactive ketones (excluding diaryl/α,β-unsaturated/α-hetero) is 1. The summed E-state index contributed by atoms with van der Waals surface area (Å²) in [5, 5.41) is 0. The average molecular weight is 258 g/mol. The van der Waals surface area contributed by atoms with Crippen LogP contribution in [0.5, 0.6) is 0 Å². The van der Waals surface area contributed by atoms with E-state index in [9.17, 15) is 4.79 Å². The molecular formula is C18H26O. The summed E-state index contributed by atoms with van der Waals surface area (Å²) in [6, 6.07) is 6.40. The molecule has 1 aliphatic carbocycles. The van der Waals surface area contributed by atoms with E-state index in [1.165, 1.54) is 55.2 Å². The van der Waals surface area contributed by atoms with Gasteiger partial charge in [-0.25, -0.2) is 0 Å². The molecule has 0 bridgehead atoms. The van der Waals surface area contributed by atoms with E-state index in [4.69, 9.17) is 0 Å². The van der Waals surface area contributed by atoms with Crippen molar-refractivity contribution in [2.45, 2.75) is 65.2 Å². The number of ketones is 1. The van der Waals surface area contributed by atoms with Crippen molar-refractivity contribution >= 4 is 5.78 Å². The zero-order valence-electron chi connectivity index (χ0n) is 12.4. The molecule has 0 aliphatic heterocycles. The number of carbonyl (C=O) groups is 1. The van der Waals surface area contributed by atoms with Crippen LogP contribution >= 0.6 is 0 Å². The second-order valence-electron chi connectivity index (χ2n) is 6.20. The lowest BCUT2D eigenvalue weighted by Crippen LogP contribution is -2.10. The van der Waals surface area contributed by atoms with Crippen molar-refractivity contribution in [3.05, 3.63) is 34.9 Å². The van der Waals surface area contributed by atoms with Crippen molar-refractivity contribution in [2.24, 2.45) is 5.92 Å². The van der Waals surface area contributed by atoms with Gasteiger partial charge < -0.3 is 0 Å². The van der Waals surface area contributed by atoms with Gasteiger partial charge in [-0.2, -0.15) is 0 Å². The molecule has 1 aromatic rings. The van der Waals surface area contributed by atoms with E-state index in [1.807, 2.05) is 0 Å². The molecule has 2 rings (SSSR count). The fourth-order valence-electron chi connectivity index (χ4n) is 3.10. The molecule has 0 spiro atoms. The summed E-state index contributed by atoms with van der Waals surface area (Å²) in [5.41, 5.74) is 3.78.